The molecule has 3 rings (SSSR count). The highest BCUT2D eigenvalue weighted by atomic mass is 79.9. The minimum Gasteiger partial charge on any atom is -0.464 e. The molecule has 0 radical (unpaired) electrons. The molecule has 1 N–H and O–H groups in total. The standard InChI is InChI=1S/C14H15BrN4O3S/c15-10-2-1-3-11(8-10)16-12(20)9-22-14-13(17-23-18-14)19-4-6-21-7-5-19/h1-3,8H,4-7,9H2,(H,16,20). The van der Waals surface area contributed by atoms with Crippen molar-refractivity contribution in [2.24, 2.45) is 0 Å². The molecule has 1 aliphatic heterocycles. The minimum atomic E-state index is -0.246. The van der Waals surface area contributed by atoms with Gasteiger partial charge in [-0.3, -0.25) is 4.79 Å². The van der Waals surface area contributed by atoms with E-state index in [2.05, 4.69) is 34.9 Å². The third-order valence-electron chi connectivity index (χ3n) is 3.20. The number of amides is 1. The first-order chi connectivity index (χ1) is 11.2. The normalized spacial score (nSPS) is 14.6. The molecule has 0 spiro atoms. The van der Waals surface area contributed by atoms with Crippen molar-refractivity contribution in [3.63, 3.8) is 0 Å². The van der Waals surface area contributed by atoms with Crippen molar-refractivity contribution >= 4 is 45.1 Å². The van der Waals surface area contributed by atoms with Crippen molar-refractivity contribution in [3.8, 4) is 5.88 Å². The van der Waals surface area contributed by atoms with Crippen LogP contribution in [0.1, 0.15) is 0 Å². The van der Waals surface area contributed by atoms with Gasteiger partial charge in [0.25, 0.3) is 11.8 Å². The van der Waals surface area contributed by atoms with Crippen LogP contribution in [-0.4, -0.2) is 47.6 Å². The Labute approximate surface area is 146 Å². The van der Waals surface area contributed by atoms with Crippen LogP contribution in [0, 0.1) is 0 Å². The largest absolute Gasteiger partial charge is 0.464 e. The van der Waals surface area contributed by atoms with Crippen molar-refractivity contribution in [1.82, 2.24) is 8.75 Å². The van der Waals surface area contributed by atoms with Crippen LogP contribution < -0.4 is 15.0 Å². The molecule has 1 fully saturated rings. The van der Waals surface area contributed by atoms with Gasteiger partial charge in [0.1, 0.15) is 0 Å². The summed E-state index contributed by atoms with van der Waals surface area (Å²) >= 11 is 4.43. The Kier molecular flexibility index (Phi) is 5.42. The summed E-state index contributed by atoms with van der Waals surface area (Å²) in [6, 6.07) is 7.37. The number of rotatable bonds is 5. The smallest absolute Gasteiger partial charge is 0.271 e. The van der Waals surface area contributed by atoms with Crippen molar-refractivity contribution in [3.05, 3.63) is 28.7 Å². The SMILES string of the molecule is O=C(COc1nsnc1N1CCOCC1)Nc1cccc(Br)c1. The molecule has 1 saturated heterocycles. The maximum Gasteiger partial charge on any atom is 0.271 e. The molecule has 2 aromatic rings. The molecule has 9 heteroatoms. The number of anilines is 2. The van der Waals surface area contributed by atoms with E-state index in [4.69, 9.17) is 9.47 Å². The van der Waals surface area contributed by atoms with E-state index in [9.17, 15) is 4.79 Å². The predicted molar refractivity (Wildman–Crippen MR) is 91.2 cm³/mol. The first-order valence-electron chi connectivity index (χ1n) is 7.06. The summed E-state index contributed by atoms with van der Waals surface area (Å²) in [6.45, 7) is 2.67. The zero-order valence-electron chi connectivity index (χ0n) is 12.2. The molecule has 23 heavy (non-hydrogen) atoms. The number of hydrogen-bond donors (Lipinski definition) is 1. The molecule has 1 aliphatic rings. The van der Waals surface area contributed by atoms with Gasteiger partial charge in [-0.05, 0) is 18.2 Å². The quantitative estimate of drug-likeness (QED) is 0.831. The lowest BCUT2D eigenvalue weighted by Crippen LogP contribution is -2.36. The maximum absolute atomic E-state index is 12.0. The molecule has 0 unspecified atom stereocenters. The van der Waals surface area contributed by atoms with Gasteiger partial charge in [0.2, 0.25) is 5.82 Å². The second kappa shape index (κ2) is 7.71. The Bertz CT molecular complexity index is 676. The van der Waals surface area contributed by atoms with Crippen LogP contribution in [0.15, 0.2) is 28.7 Å². The molecular formula is C14H15BrN4O3S. The number of carbonyl (C=O) groups is 1. The zero-order chi connectivity index (χ0) is 16.1. The monoisotopic (exact) mass is 398 g/mol. The predicted octanol–water partition coefficient (Wildman–Crippen LogP) is 2.15. The summed E-state index contributed by atoms with van der Waals surface area (Å²) < 4.78 is 20.1. The van der Waals surface area contributed by atoms with Gasteiger partial charge in [-0.2, -0.15) is 4.37 Å². The zero-order valence-corrected chi connectivity index (χ0v) is 14.6. The lowest BCUT2D eigenvalue weighted by atomic mass is 10.3. The molecule has 0 atom stereocenters. The fourth-order valence-corrected chi connectivity index (χ4v) is 3.05. The number of aromatic nitrogens is 2. The van der Waals surface area contributed by atoms with Crippen LogP contribution in [-0.2, 0) is 9.53 Å². The van der Waals surface area contributed by atoms with E-state index in [0.717, 1.165) is 29.3 Å². The fraction of sp³-hybridized carbons (Fsp3) is 0.357. The first kappa shape index (κ1) is 16.2. The van der Waals surface area contributed by atoms with E-state index in [0.29, 0.717) is 30.6 Å². The van der Waals surface area contributed by atoms with Gasteiger partial charge < -0.3 is 19.7 Å². The van der Waals surface area contributed by atoms with E-state index in [-0.39, 0.29) is 12.5 Å². The number of hydrogen-bond acceptors (Lipinski definition) is 7. The molecule has 7 nitrogen and oxygen atoms in total. The second-order valence-corrected chi connectivity index (χ2v) is 6.28. The lowest BCUT2D eigenvalue weighted by Gasteiger charge is -2.26. The lowest BCUT2D eigenvalue weighted by molar-refractivity contribution is -0.118. The Morgan fingerprint density at radius 2 is 2.22 bits per heavy atom. The molecule has 0 aliphatic carbocycles. The highest BCUT2D eigenvalue weighted by Crippen LogP contribution is 2.26. The van der Waals surface area contributed by atoms with Gasteiger partial charge in [-0.1, -0.05) is 22.0 Å². The van der Waals surface area contributed by atoms with Gasteiger partial charge in [-0.25, -0.2) is 0 Å². The van der Waals surface area contributed by atoms with Gasteiger partial charge in [0.05, 0.1) is 24.9 Å². The van der Waals surface area contributed by atoms with Crippen molar-refractivity contribution in [2.75, 3.05) is 43.1 Å². The molecule has 1 aromatic heterocycles. The average Bonchev–Trinajstić information content (AvgIpc) is 3.02. The second-order valence-electron chi connectivity index (χ2n) is 4.84. The molecule has 0 saturated carbocycles. The molecule has 2 heterocycles. The number of ether oxygens (including phenoxy) is 2. The van der Waals surface area contributed by atoms with Crippen molar-refractivity contribution < 1.29 is 14.3 Å². The minimum absolute atomic E-state index is 0.116. The van der Waals surface area contributed by atoms with Crippen LogP contribution >= 0.6 is 27.7 Å². The number of morpholine rings is 1. The van der Waals surface area contributed by atoms with Gasteiger partial charge in [0.15, 0.2) is 6.61 Å². The van der Waals surface area contributed by atoms with Gasteiger partial charge in [-0.15, -0.1) is 4.37 Å². The number of nitrogens with one attached hydrogen (secondary N) is 1. The van der Waals surface area contributed by atoms with E-state index in [1.807, 2.05) is 24.3 Å². The third kappa shape index (κ3) is 4.40. The molecule has 1 aromatic carbocycles. The van der Waals surface area contributed by atoms with E-state index >= 15 is 0 Å². The van der Waals surface area contributed by atoms with E-state index in [1.54, 1.807) is 0 Å². The first-order valence-corrected chi connectivity index (χ1v) is 8.58. The summed E-state index contributed by atoms with van der Waals surface area (Å²) in [5.41, 5.74) is 0.706. The van der Waals surface area contributed by atoms with E-state index < -0.39 is 0 Å². The number of halogens is 1. The van der Waals surface area contributed by atoms with Crippen LogP contribution in [0.5, 0.6) is 5.88 Å². The number of carbonyl (C=O) groups excluding carboxylic acids is 1. The van der Waals surface area contributed by atoms with Crippen LogP contribution in [0.25, 0.3) is 0 Å². The topological polar surface area (TPSA) is 76.6 Å². The summed E-state index contributed by atoms with van der Waals surface area (Å²) in [5.74, 6) is 0.818. The van der Waals surface area contributed by atoms with E-state index in [1.165, 1.54) is 0 Å². The highest BCUT2D eigenvalue weighted by Gasteiger charge is 2.20. The highest BCUT2D eigenvalue weighted by molar-refractivity contribution is 9.10. The maximum atomic E-state index is 12.0. The van der Waals surface area contributed by atoms with Crippen molar-refractivity contribution in [2.45, 2.75) is 0 Å². The summed E-state index contributed by atoms with van der Waals surface area (Å²) in [7, 11) is 0. The van der Waals surface area contributed by atoms with Crippen LogP contribution in [0.2, 0.25) is 0 Å². The summed E-state index contributed by atoms with van der Waals surface area (Å²) in [5, 5.41) is 2.77. The third-order valence-corrected chi connectivity index (χ3v) is 4.20. The van der Waals surface area contributed by atoms with Crippen LogP contribution in [0.4, 0.5) is 11.5 Å². The number of benzene rings is 1. The molecule has 0 bridgehead atoms. The Morgan fingerprint density at radius 1 is 1.39 bits per heavy atom. The number of nitrogens with zero attached hydrogens (tertiary/aromatic N) is 3. The van der Waals surface area contributed by atoms with Gasteiger partial charge >= 0.3 is 0 Å². The Balaban J connectivity index is 1.56. The summed E-state index contributed by atoms with van der Waals surface area (Å²) in [6.07, 6.45) is 0. The molecule has 1 amide bonds. The Morgan fingerprint density at radius 3 is 3.00 bits per heavy atom. The van der Waals surface area contributed by atoms with Gasteiger partial charge in [0, 0.05) is 23.2 Å². The van der Waals surface area contributed by atoms with Crippen LogP contribution in [0.3, 0.4) is 0 Å². The molecule has 122 valence electrons. The van der Waals surface area contributed by atoms with Crippen molar-refractivity contribution in [1.29, 1.82) is 0 Å². The summed E-state index contributed by atoms with van der Waals surface area (Å²) in [4.78, 5) is 14.0. The Hall–Kier alpha value is -1.71. The fourth-order valence-electron chi connectivity index (χ4n) is 2.13. The average molecular weight is 399 g/mol. The molecular weight excluding hydrogens is 384 g/mol.